The van der Waals surface area contributed by atoms with Gasteiger partial charge in [0.05, 0.1) is 19.1 Å². The van der Waals surface area contributed by atoms with Gasteiger partial charge in [-0.2, -0.15) is 0 Å². The minimum Gasteiger partial charge on any atom is -0.469 e. The molecular formula is C30H44O5. The normalized spacial score (nSPS) is 40.5. The molecule has 4 rings (SSSR count). The number of rotatable bonds is 6. The Morgan fingerprint density at radius 1 is 1.17 bits per heavy atom. The molecule has 5 nitrogen and oxygen atoms in total. The van der Waals surface area contributed by atoms with Crippen LogP contribution in [0.15, 0.2) is 23.3 Å². The summed E-state index contributed by atoms with van der Waals surface area (Å²) in [7, 11) is 1.41. The van der Waals surface area contributed by atoms with E-state index < -0.39 is 0 Å². The van der Waals surface area contributed by atoms with Crippen molar-refractivity contribution < 1.29 is 24.2 Å². The second-order valence-corrected chi connectivity index (χ2v) is 12.7. The lowest BCUT2D eigenvalue weighted by atomic mass is 9.48. The number of fused-ring (bicyclic) bond motifs is 4. The topological polar surface area (TPSA) is 80.7 Å². The lowest BCUT2D eigenvalue weighted by molar-refractivity contribution is -0.143. The van der Waals surface area contributed by atoms with Crippen LogP contribution in [0.4, 0.5) is 0 Å². The van der Waals surface area contributed by atoms with Crippen LogP contribution >= 0.6 is 0 Å². The number of ether oxygens (including phenoxy) is 1. The fraction of sp³-hybridized carbons (Fsp3) is 0.767. The summed E-state index contributed by atoms with van der Waals surface area (Å²) in [5.41, 5.74) is 2.07. The highest BCUT2D eigenvalue weighted by atomic mass is 16.5. The van der Waals surface area contributed by atoms with Crippen LogP contribution in [-0.2, 0) is 19.1 Å². The molecule has 4 aliphatic rings. The van der Waals surface area contributed by atoms with E-state index in [2.05, 4.69) is 27.4 Å². The number of aliphatic hydroxyl groups excluding tert-OH is 1. The number of methoxy groups -OCH3 is 1. The average Bonchev–Trinajstić information content (AvgIpc) is 3.16. The van der Waals surface area contributed by atoms with E-state index in [1.54, 1.807) is 0 Å². The predicted molar refractivity (Wildman–Crippen MR) is 135 cm³/mol. The maximum atomic E-state index is 13.9. The number of Topliss-reactive ketones (excluding diaryl/α,β-unsaturated/α-hetero) is 2. The third kappa shape index (κ3) is 4.06. The molecule has 9 atom stereocenters. The average molecular weight is 485 g/mol. The maximum absolute atomic E-state index is 13.9. The zero-order valence-electron chi connectivity index (χ0n) is 22.5. The number of allylic oxidation sites excluding steroid dienone is 2. The van der Waals surface area contributed by atoms with Crippen LogP contribution in [-0.4, -0.2) is 35.9 Å². The van der Waals surface area contributed by atoms with Gasteiger partial charge in [-0.05, 0) is 80.5 Å². The minimum absolute atomic E-state index is 0.0321. The van der Waals surface area contributed by atoms with E-state index in [1.165, 1.54) is 7.11 Å². The molecule has 0 amide bonds. The summed E-state index contributed by atoms with van der Waals surface area (Å²) in [5.74, 6) is 0.715. The molecule has 0 spiro atoms. The van der Waals surface area contributed by atoms with Crippen molar-refractivity contribution >= 4 is 17.5 Å². The molecule has 0 radical (unpaired) electrons. The molecule has 0 heterocycles. The van der Waals surface area contributed by atoms with Crippen molar-refractivity contribution in [2.75, 3.05) is 7.11 Å². The maximum Gasteiger partial charge on any atom is 0.312 e. The van der Waals surface area contributed by atoms with Gasteiger partial charge in [0.25, 0.3) is 0 Å². The summed E-state index contributed by atoms with van der Waals surface area (Å²) in [6, 6.07) is 0. The van der Waals surface area contributed by atoms with Crippen LogP contribution in [0.25, 0.3) is 0 Å². The quantitative estimate of drug-likeness (QED) is 0.400. The summed E-state index contributed by atoms with van der Waals surface area (Å²) in [6.07, 6.45) is 5.71. The first-order chi connectivity index (χ1) is 16.4. The standard InChI is InChI=1S/C30H44O5/c1-16(18(3)28(34)35-7)8-9-17(2)20-10-11-21-26-24(32)14-22-19(4)23(31)12-13-29(22,5)27(26)25(33)15-30(20,21)6/h17-23,31H,1,8-15H2,2-7H3/t17-,18?,19+,20-,21+,22?,23-,29+,30-/m1/s1. The summed E-state index contributed by atoms with van der Waals surface area (Å²) < 4.78 is 4.87. The van der Waals surface area contributed by atoms with Gasteiger partial charge >= 0.3 is 5.97 Å². The highest BCUT2D eigenvalue weighted by Gasteiger charge is 2.61. The Hall–Kier alpha value is -1.75. The second kappa shape index (κ2) is 9.28. The molecule has 5 heteroatoms. The number of carbonyl (C=O) groups excluding carboxylic acids is 3. The minimum atomic E-state index is -0.389. The van der Waals surface area contributed by atoms with Gasteiger partial charge in [-0.25, -0.2) is 0 Å². The third-order valence-electron chi connectivity index (χ3n) is 10.9. The number of hydrogen-bond donors (Lipinski definition) is 1. The van der Waals surface area contributed by atoms with Gasteiger partial charge in [-0.1, -0.05) is 39.8 Å². The number of ketones is 2. The van der Waals surface area contributed by atoms with Crippen molar-refractivity contribution in [3.8, 4) is 0 Å². The largest absolute Gasteiger partial charge is 0.469 e. The predicted octanol–water partition coefficient (Wildman–Crippen LogP) is 5.46. The van der Waals surface area contributed by atoms with Gasteiger partial charge in [0.15, 0.2) is 11.6 Å². The second-order valence-electron chi connectivity index (χ2n) is 12.7. The van der Waals surface area contributed by atoms with Crippen LogP contribution < -0.4 is 0 Å². The Morgan fingerprint density at radius 2 is 1.86 bits per heavy atom. The van der Waals surface area contributed by atoms with Crippen molar-refractivity contribution in [2.45, 2.75) is 92.1 Å². The first-order valence-electron chi connectivity index (χ1n) is 13.6. The SMILES string of the molecule is C=C(CC[C@@H](C)[C@H]1CC[C@H]2C3=C(C(=O)C[C@]12C)[C@@]1(C)CC[C@@H](O)[C@@H](C)C1CC3=O)C(C)C(=O)OC. The van der Waals surface area contributed by atoms with Crippen LogP contribution in [0.5, 0.6) is 0 Å². The van der Waals surface area contributed by atoms with Gasteiger partial charge < -0.3 is 9.84 Å². The molecule has 2 unspecified atom stereocenters. The number of esters is 1. The lowest BCUT2D eigenvalue weighted by Gasteiger charge is -2.55. The van der Waals surface area contributed by atoms with E-state index in [0.717, 1.165) is 48.8 Å². The van der Waals surface area contributed by atoms with E-state index in [1.807, 2.05) is 13.8 Å². The van der Waals surface area contributed by atoms with Crippen molar-refractivity contribution in [1.82, 2.24) is 0 Å². The van der Waals surface area contributed by atoms with E-state index >= 15 is 0 Å². The molecule has 2 fully saturated rings. The molecule has 0 aromatic carbocycles. The monoisotopic (exact) mass is 484 g/mol. The highest BCUT2D eigenvalue weighted by molar-refractivity contribution is 6.10. The fourth-order valence-electron chi connectivity index (χ4n) is 8.60. The van der Waals surface area contributed by atoms with Gasteiger partial charge in [-0.15, -0.1) is 0 Å². The molecule has 0 aliphatic heterocycles. The van der Waals surface area contributed by atoms with E-state index in [-0.39, 0.29) is 58.1 Å². The summed E-state index contributed by atoms with van der Waals surface area (Å²) in [4.78, 5) is 39.4. The Balaban J connectivity index is 1.58. The van der Waals surface area contributed by atoms with Crippen molar-refractivity contribution in [3.63, 3.8) is 0 Å². The van der Waals surface area contributed by atoms with Gasteiger partial charge in [0.1, 0.15) is 0 Å². The molecule has 0 bridgehead atoms. The molecule has 194 valence electrons. The van der Waals surface area contributed by atoms with E-state index in [9.17, 15) is 19.5 Å². The van der Waals surface area contributed by atoms with Crippen LogP contribution in [0.3, 0.4) is 0 Å². The lowest BCUT2D eigenvalue weighted by Crippen LogP contribution is -2.53. The Bertz CT molecular complexity index is 962. The molecule has 0 saturated heterocycles. The van der Waals surface area contributed by atoms with Crippen LogP contribution in [0.2, 0.25) is 0 Å². The summed E-state index contributed by atoms with van der Waals surface area (Å²) in [6.45, 7) is 14.7. The number of aliphatic hydroxyl groups is 1. The van der Waals surface area contributed by atoms with Crippen molar-refractivity contribution in [1.29, 1.82) is 0 Å². The zero-order chi connectivity index (χ0) is 25.9. The van der Waals surface area contributed by atoms with E-state index in [4.69, 9.17) is 4.74 Å². The molecular weight excluding hydrogens is 440 g/mol. The Kier molecular flexibility index (Phi) is 6.98. The van der Waals surface area contributed by atoms with Crippen molar-refractivity contribution in [2.24, 2.45) is 46.3 Å². The van der Waals surface area contributed by atoms with E-state index in [0.29, 0.717) is 31.1 Å². The third-order valence-corrected chi connectivity index (χ3v) is 10.9. The van der Waals surface area contributed by atoms with Crippen LogP contribution in [0, 0.1) is 46.3 Å². The smallest absolute Gasteiger partial charge is 0.312 e. The van der Waals surface area contributed by atoms with Gasteiger partial charge in [-0.3, -0.25) is 14.4 Å². The van der Waals surface area contributed by atoms with Crippen molar-refractivity contribution in [3.05, 3.63) is 23.3 Å². The van der Waals surface area contributed by atoms with Gasteiger partial charge in [0, 0.05) is 29.4 Å². The fourth-order valence-corrected chi connectivity index (χ4v) is 8.60. The molecule has 35 heavy (non-hydrogen) atoms. The zero-order valence-corrected chi connectivity index (χ0v) is 22.5. The molecule has 2 saturated carbocycles. The number of hydrogen-bond acceptors (Lipinski definition) is 5. The molecule has 4 aliphatic carbocycles. The molecule has 0 aromatic heterocycles. The Morgan fingerprint density at radius 3 is 2.51 bits per heavy atom. The first kappa shape index (κ1) is 26.3. The van der Waals surface area contributed by atoms with Gasteiger partial charge in [0.2, 0.25) is 0 Å². The molecule has 0 aromatic rings. The number of carbonyl (C=O) groups is 3. The highest BCUT2D eigenvalue weighted by Crippen LogP contribution is 2.65. The van der Waals surface area contributed by atoms with Crippen LogP contribution in [0.1, 0.15) is 86.0 Å². The summed E-state index contributed by atoms with van der Waals surface area (Å²) >= 11 is 0. The Labute approximate surface area is 210 Å². The molecule has 1 N–H and O–H groups in total. The first-order valence-corrected chi connectivity index (χ1v) is 13.6. The summed E-state index contributed by atoms with van der Waals surface area (Å²) in [5, 5.41) is 10.5.